The van der Waals surface area contributed by atoms with Gasteiger partial charge in [-0.15, -0.1) is 0 Å². The average Bonchev–Trinajstić information content (AvgIpc) is 2.73. The van der Waals surface area contributed by atoms with Gasteiger partial charge in [0, 0.05) is 76.5 Å². The molecule has 1 fully saturated rings. The molecule has 0 aromatic carbocycles. The van der Waals surface area contributed by atoms with Gasteiger partial charge >= 0.3 is 0 Å². The zero-order chi connectivity index (χ0) is 18.7. The first-order valence-corrected chi connectivity index (χ1v) is 9.49. The molecule has 144 valence electrons. The summed E-state index contributed by atoms with van der Waals surface area (Å²) in [6.07, 6.45) is 7.24. The van der Waals surface area contributed by atoms with E-state index in [-0.39, 0.29) is 0 Å². The predicted octanol–water partition coefficient (Wildman–Crippen LogP) is 0.531. The van der Waals surface area contributed by atoms with Crippen LogP contribution in [0.2, 0.25) is 0 Å². The van der Waals surface area contributed by atoms with Gasteiger partial charge in [0.1, 0.15) is 0 Å². The molecule has 0 amide bonds. The minimum atomic E-state index is 0.511. The van der Waals surface area contributed by atoms with Crippen molar-refractivity contribution in [3.8, 4) is 0 Å². The fraction of sp³-hybridized carbons (Fsp3) is 0.474. The molecule has 1 aliphatic heterocycles. The first kappa shape index (κ1) is 19.0. The SMILES string of the molecule is NC(=NCCCN1CCN(c2ncccn2)CC1)NCCc1ccccn1. The third-order valence-electron chi connectivity index (χ3n) is 4.54. The Morgan fingerprint density at radius 1 is 1.04 bits per heavy atom. The molecule has 3 N–H and O–H groups in total. The number of rotatable bonds is 8. The molecule has 0 radical (unpaired) electrons. The smallest absolute Gasteiger partial charge is 0.225 e. The van der Waals surface area contributed by atoms with Crippen LogP contribution < -0.4 is 16.0 Å². The molecule has 1 aliphatic rings. The molecule has 0 atom stereocenters. The molecular formula is C19H28N8. The molecule has 0 aliphatic carbocycles. The topological polar surface area (TPSA) is 95.6 Å². The molecule has 0 saturated carbocycles. The Labute approximate surface area is 160 Å². The normalized spacial score (nSPS) is 15.7. The maximum atomic E-state index is 5.92. The number of hydrogen-bond donors (Lipinski definition) is 2. The number of piperazine rings is 1. The lowest BCUT2D eigenvalue weighted by molar-refractivity contribution is 0.255. The number of pyridine rings is 1. The van der Waals surface area contributed by atoms with Gasteiger partial charge < -0.3 is 16.0 Å². The second-order valence-corrected chi connectivity index (χ2v) is 6.50. The highest BCUT2D eigenvalue weighted by Gasteiger charge is 2.17. The molecule has 0 unspecified atom stereocenters. The van der Waals surface area contributed by atoms with Crippen molar-refractivity contribution in [3.63, 3.8) is 0 Å². The quantitative estimate of drug-likeness (QED) is 0.399. The lowest BCUT2D eigenvalue weighted by Crippen LogP contribution is -2.47. The van der Waals surface area contributed by atoms with Crippen molar-refractivity contribution in [1.82, 2.24) is 25.2 Å². The van der Waals surface area contributed by atoms with Crippen LogP contribution in [0.15, 0.2) is 47.8 Å². The van der Waals surface area contributed by atoms with Crippen molar-refractivity contribution in [3.05, 3.63) is 48.5 Å². The Morgan fingerprint density at radius 2 is 1.81 bits per heavy atom. The molecule has 0 bridgehead atoms. The monoisotopic (exact) mass is 368 g/mol. The van der Waals surface area contributed by atoms with Crippen LogP contribution in [0.5, 0.6) is 0 Å². The lowest BCUT2D eigenvalue weighted by atomic mass is 10.3. The minimum Gasteiger partial charge on any atom is -0.370 e. The van der Waals surface area contributed by atoms with Crippen molar-refractivity contribution >= 4 is 11.9 Å². The Bertz CT molecular complexity index is 683. The first-order valence-electron chi connectivity index (χ1n) is 9.49. The molecule has 2 aromatic heterocycles. The Morgan fingerprint density at radius 3 is 2.56 bits per heavy atom. The van der Waals surface area contributed by atoms with Crippen molar-refractivity contribution in [2.45, 2.75) is 12.8 Å². The number of aliphatic imine (C=N–C) groups is 1. The van der Waals surface area contributed by atoms with E-state index in [9.17, 15) is 0 Å². The predicted molar refractivity (Wildman–Crippen MR) is 108 cm³/mol. The first-order chi connectivity index (χ1) is 13.3. The van der Waals surface area contributed by atoms with E-state index >= 15 is 0 Å². The summed E-state index contributed by atoms with van der Waals surface area (Å²) < 4.78 is 0. The second kappa shape index (κ2) is 10.4. The number of nitrogens with two attached hydrogens (primary N) is 1. The summed E-state index contributed by atoms with van der Waals surface area (Å²) in [5.41, 5.74) is 6.98. The van der Waals surface area contributed by atoms with Crippen LogP contribution >= 0.6 is 0 Å². The van der Waals surface area contributed by atoms with E-state index in [4.69, 9.17) is 5.73 Å². The van der Waals surface area contributed by atoms with E-state index in [1.54, 1.807) is 18.6 Å². The summed E-state index contributed by atoms with van der Waals surface area (Å²) in [5.74, 6) is 1.34. The van der Waals surface area contributed by atoms with Gasteiger partial charge in [-0.1, -0.05) is 6.07 Å². The van der Waals surface area contributed by atoms with Gasteiger partial charge in [-0.05, 0) is 24.6 Å². The number of guanidine groups is 1. The van der Waals surface area contributed by atoms with Gasteiger partial charge in [0.25, 0.3) is 0 Å². The fourth-order valence-electron chi connectivity index (χ4n) is 3.04. The number of nitrogens with one attached hydrogen (secondary N) is 1. The van der Waals surface area contributed by atoms with Crippen molar-refractivity contribution in [2.75, 3.05) is 50.7 Å². The standard InChI is InChI=1S/C19H28N8/c20-18(23-11-6-17-5-1-2-7-21-17)22-10-4-12-26-13-15-27(16-14-26)19-24-8-3-9-25-19/h1-3,5,7-9H,4,6,10-16H2,(H3,20,22,23). The number of aromatic nitrogens is 3. The summed E-state index contributed by atoms with van der Waals surface area (Å²) in [6, 6.07) is 7.77. The molecule has 8 nitrogen and oxygen atoms in total. The molecule has 0 spiro atoms. The summed E-state index contributed by atoms with van der Waals surface area (Å²) in [5, 5.41) is 3.15. The van der Waals surface area contributed by atoms with Gasteiger partial charge in [0.05, 0.1) is 0 Å². The summed E-state index contributed by atoms with van der Waals surface area (Å²) in [7, 11) is 0. The van der Waals surface area contributed by atoms with E-state index < -0.39 is 0 Å². The molecule has 2 aromatic rings. The lowest BCUT2D eigenvalue weighted by Gasteiger charge is -2.34. The van der Waals surface area contributed by atoms with E-state index in [0.717, 1.165) is 70.3 Å². The van der Waals surface area contributed by atoms with Gasteiger partial charge in [-0.3, -0.25) is 14.9 Å². The zero-order valence-corrected chi connectivity index (χ0v) is 15.7. The van der Waals surface area contributed by atoms with E-state index in [2.05, 4.69) is 35.1 Å². The zero-order valence-electron chi connectivity index (χ0n) is 15.7. The molecular weight excluding hydrogens is 340 g/mol. The highest BCUT2D eigenvalue weighted by molar-refractivity contribution is 5.77. The van der Waals surface area contributed by atoms with Gasteiger partial charge in [0.15, 0.2) is 5.96 Å². The molecule has 3 rings (SSSR count). The molecule has 3 heterocycles. The van der Waals surface area contributed by atoms with Crippen molar-refractivity contribution < 1.29 is 0 Å². The van der Waals surface area contributed by atoms with Crippen molar-refractivity contribution in [2.24, 2.45) is 10.7 Å². The third kappa shape index (κ3) is 6.49. The van der Waals surface area contributed by atoms with Gasteiger partial charge in [-0.2, -0.15) is 0 Å². The Kier molecular flexibility index (Phi) is 7.34. The van der Waals surface area contributed by atoms with E-state index in [1.165, 1.54) is 0 Å². The largest absolute Gasteiger partial charge is 0.370 e. The van der Waals surface area contributed by atoms with Gasteiger partial charge in [0.2, 0.25) is 5.95 Å². The van der Waals surface area contributed by atoms with Crippen LogP contribution in [0.1, 0.15) is 12.1 Å². The highest BCUT2D eigenvalue weighted by Crippen LogP contribution is 2.09. The number of nitrogens with zero attached hydrogens (tertiary/aromatic N) is 6. The fourth-order valence-corrected chi connectivity index (χ4v) is 3.04. The number of anilines is 1. The third-order valence-corrected chi connectivity index (χ3v) is 4.54. The summed E-state index contributed by atoms with van der Waals surface area (Å²) in [4.78, 5) is 22.0. The Hall–Kier alpha value is -2.74. The number of hydrogen-bond acceptors (Lipinski definition) is 6. The van der Waals surface area contributed by atoms with Gasteiger partial charge in [-0.25, -0.2) is 9.97 Å². The maximum Gasteiger partial charge on any atom is 0.225 e. The highest BCUT2D eigenvalue weighted by atomic mass is 15.3. The molecule has 8 heteroatoms. The second-order valence-electron chi connectivity index (χ2n) is 6.50. The maximum absolute atomic E-state index is 5.92. The van der Waals surface area contributed by atoms with Crippen LogP contribution in [-0.2, 0) is 6.42 Å². The van der Waals surface area contributed by atoms with Crippen LogP contribution in [0.25, 0.3) is 0 Å². The molecule has 1 saturated heterocycles. The van der Waals surface area contributed by atoms with Crippen LogP contribution in [0, 0.1) is 0 Å². The van der Waals surface area contributed by atoms with Crippen molar-refractivity contribution in [1.29, 1.82) is 0 Å². The summed E-state index contributed by atoms with van der Waals surface area (Å²) in [6.45, 7) is 6.50. The van der Waals surface area contributed by atoms with Crippen LogP contribution in [0.4, 0.5) is 5.95 Å². The van der Waals surface area contributed by atoms with Crippen LogP contribution in [0.3, 0.4) is 0 Å². The minimum absolute atomic E-state index is 0.511. The summed E-state index contributed by atoms with van der Waals surface area (Å²) >= 11 is 0. The van der Waals surface area contributed by atoms with E-state index in [1.807, 2.05) is 24.3 Å². The molecule has 27 heavy (non-hydrogen) atoms. The Balaban J connectivity index is 1.27. The van der Waals surface area contributed by atoms with Crippen LogP contribution in [-0.4, -0.2) is 71.6 Å². The van der Waals surface area contributed by atoms with E-state index in [0.29, 0.717) is 5.96 Å². The average molecular weight is 368 g/mol.